The van der Waals surface area contributed by atoms with Crippen molar-refractivity contribution in [2.45, 2.75) is 63.3 Å². The first kappa shape index (κ1) is 28.4. The van der Waals surface area contributed by atoms with E-state index in [0.29, 0.717) is 0 Å². The monoisotopic (exact) mass is 556 g/mol. The van der Waals surface area contributed by atoms with Crippen molar-refractivity contribution in [3.05, 3.63) is 95.6 Å². The van der Waals surface area contributed by atoms with Gasteiger partial charge in [0.2, 0.25) is 5.91 Å². The highest BCUT2D eigenvalue weighted by atomic mass is 16.5. The quantitative estimate of drug-likeness (QED) is 0.297. The molecule has 4 atom stereocenters. The summed E-state index contributed by atoms with van der Waals surface area (Å²) in [4.78, 5) is 37.6. The summed E-state index contributed by atoms with van der Waals surface area (Å²) in [5, 5.41) is 15.3. The number of benzene rings is 3. The maximum Gasteiger partial charge on any atom is 0.407 e. The van der Waals surface area contributed by atoms with Crippen molar-refractivity contribution in [1.82, 2.24) is 10.6 Å². The van der Waals surface area contributed by atoms with Gasteiger partial charge < -0.3 is 25.2 Å². The van der Waals surface area contributed by atoms with Gasteiger partial charge in [-0.15, -0.1) is 0 Å². The molecule has 2 aliphatic carbocycles. The molecular formula is C33H36N2O6. The Bertz CT molecular complexity index is 1330. The molecule has 5 rings (SSSR count). The van der Waals surface area contributed by atoms with Gasteiger partial charge in [0.15, 0.2) is 6.04 Å². The van der Waals surface area contributed by atoms with Crippen LogP contribution in [0, 0.1) is 5.92 Å². The zero-order valence-electron chi connectivity index (χ0n) is 23.1. The number of hydrogen-bond donors (Lipinski definition) is 3. The standard InChI is InChI=1S/C33H36N2O6/c1-21(40-19-22-10-3-2-4-11-22)31(32(37)38)35-30(36)18-23-12-9-17-29(23)34-33(39)41-20-28-26-15-7-5-13-24(26)25-14-6-8-16-27(25)28/h2-8,10-11,13-16,21,23,28-29,31H,9,12,17-20H2,1H3,(H,34,39)(H,35,36)(H,37,38)/t21-,23+,29-,31+/m1/s1. The lowest BCUT2D eigenvalue weighted by atomic mass is 9.98. The molecule has 8 heteroatoms. The van der Waals surface area contributed by atoms with Crippen LogP contribution in [0.25, 0.3) is 11.1 Å². The summed E-state index contributed by atoms with van der Waals surface area (Å²) in [5.74, 6) is -1.67. The van der Waals surface area contributed by atoms with Gasteiger partial charge in [-0.2, -0.15) is 0 Å². The lowest BCUT2D eigenvalue weighted by molar-refractivity contribution is -0.146. The molecule has 1 fully saturated rings. The Kier molecular flexibility index (Phi) is 8.99. The number of carbonyl (C=O) groups excluding carboxylic acids is 2. The zero-order chi connectivity index (χ0) is 28.8. The molecule has 0 spiro atoms. The maximum atomic E-state index is 12.9. The van der Waals surface area contributed by atoms with E-state index >= 15 is 0 Å². The van der Waals surface area contributed by atoms with Gasteiger partial charge in [0, 0.05) is 18.4 Å². The second kappa shape index (κ2) is 13.0. The molecule has 0 aromatic heterocycles. The van der Waals surface area contributed by atoms with E-state index in [9.17, 15) is 19.5 Å². The van der Waals surface area contributed by atoms with Crippen LogP contribution in [0.3, 0.4) is 0 Å². The molecular weight excluding hydrogens is 520 g/mol. The number of ether oxygens (including phenoxy) is 2. The Morgan fingerprint density at radius 1 is 0.902 bits per heavy atom. The Morgan fingerprint density at radius 3 is 2.20 bits per heavy atom. The molecule has 0 saturated heterocycles. The topological polar surface area (TPSA) is 114 Å². The Labute approximate surface area is 240 Å². The lowest BCUT2D eigenvalue weighted by Gasteiger charge is -2.24. The van der Waals surface area contributed by atoms with E-state index in [2.05, 4.69) is 34.9 Å². The molecule has 3 N–H and O–H groups in total. The van der Waals surface area contributed by atoms with Crippen LogP contribution in [0.2, 0.25) is 0 Å². The minimum absolute atomic E-state index is 0.0302. The first-order valence-corrected chi connectivity index (χ1v) is 14.2. The summed E-state index contributed by atoms with van der Waals surface area (Å²) in [7, 11) is 0. The number of carboxylic acid groups (broad SMARTS) is 1. The number of alkyl carbamates (subject to hydrolysis) is 1. The molecule has 8 nitrogen and oxygen atoms in total. The number of fused-ring (bicyclic) bond motifs is 3. The van der Waals surface area contributed by atoms with Gasteiger partial charge >= 0.3 is 12.1 Å². The van der Waals surface area contributed by atoms with E-state index in [4.69, 9.17) is 9.47 Å². The molecule has 0 aliphatic heterocycles. The first-order valence-electron chi connectivity index (χ1n) is 14.2. The van der Waals surface area contributed by atoms with Crippen LogP contribution in [-0.2, 0) is 25.7 Å². The van der Waals surface area contributed by atoms with Crippen molar-refractivity contribution in [2.75, 3.05) is 6.61 Å². The second-order valence-electron chi connectivity index (χ2n) is 10.9. The van der Waals surface area contributed by atoms with Crippen molar-refractivity contribution >= 4 is 18.0 Å². The molecule has 1 saturated carbocycles. The van der Waals surface area contributed by atoms with E-state index < -0.39 is 24.2 Å². The summed E-state index contributed by atoms with van der Waals surface area (Å²) in [6.45, 7) is 2.11. The fourth-order valence-corrected chi connectivity index (χ4v) is 6.01. The number of hydrogen-bond acceptors (Lipinski definition) is 5. The van der Waals surface area contributed by atoms with Gasteiger partial charge in [0.05, 0.1) is 12.7 Å². The van der Waals surface area contributed by atoms with Crippen LogP contribution in [0.1, 0.15) is 55.2 Å². The van der Waals surface area contributed by atoms with Crippen molar-refractivity contribution in [2.24, 2.45) is 5.92 Å². The molecule has 0 radical (unpaired) electrons. The minimum Gasteiger partial charge on any atom is -0.480 e. The molecule has 0 bridgehead atoms. The normalized spacial score (nSPS) is 19.0. The molecule has 3 aromatic rings. The molecule has 0 unspecified atom stereocenters. The van der Waals surface area contributed by atoms with Gasteiger partial charge in [-0.05, 0) is 53.5 Å². The van der Waals surface area contributed by atoms with Crippen LogP contribution in [0.4, 0.5) is 4.79 Å². The van der Waals surface area contributed by atoms with Crippen LogP contribution in [0.15, 0.2) is 78.9 Å². The van der Waals surface area contributed by atoms with E-state index in [1.165, 1.54) is 11.1 Å². The fourth-order valence-electron chi connectivity index (χ4n) is 6.01. The Hall–Kier alpha value is -4.17. The average Bonchev–Trinajstić information content (AvgIpc) is 3.55. The van der Waals surface area contributed by atoms with Crippen molar-refractivity contribution in [3.63, 3.8) is 0 Å². The van der Waals surface area contributed by atoms with Gasteiger partial charge in [0.1, 0.15) is 6.61 Å². The van der Waals surface area contributed by atoms with Crippen LogP contribution in [0.5, 0.6) is 0 Å². The van der Waals surface area contributed by atoms with Gasteiger partial charge in [-0.1, -0.05) is 85.3 Å². The van der Waals surface area contributed by atoms with Crippen LogP contribution >= 0.6 is 0 Å². The third kappa shape index (κ3) is 6.77. The minimum atomic E-state index is -1.18. The molecule has 3 aromatic carbocycles. The van der Waals surface area contributed by atoms with E-state index in [1.54, 1.807) is 6.92 Å². The van der Waals surface area contributed by atoms with Gasteiger partial charge in [0.25, 0.3) is 0 Å². The summed E-state index contributed by atoms with van der Waals surface area (Å²) < 4.78 is 11.4. The maximum absolute atomic E-state index is 12.9. The lowest BCUT2D eigenvalue weighted by Crippen LogP contribution is -2.49. The Balaban J connectivity index is 1.12. The highest BCUT2D eigenvalue weighted by Crippen LogP contribution is 2.44. The molecule has 2 aliphatic rings. The smallest absolute Gasteiger partial charge is 0.407 e. The molecule has 41 heavy (non-hydrogen) atoms. The fraction of sp³-hybridized carbons (Fsp3) is 0.364. The van der Waals surface area contributed by atoms with Gasteiger partial charge in [-0.25, -0.2) is 9.59 Å². The Morgan fingerprint density at radius 2 is 1.54 bits per heavy atom. The summed E-state index contributed by atoms with van der Waals surface area (Å²) in [6, 6.07) is 24.4. The largest absolute Gasteiger partial charge is 0.480 e. The number of nitrogens with one attached hydrogen (secondary N) is 2. The van der Waals surface area contributed by atoms with Crippen LogP contribution in [-0.4, -0.2) is 47.9 Å². The van der Waals surface area contributed by atoms with E-state index in [0.717, 1.165) is 36.0 Å². The summed E-state index contributed by atoms with van der Waals surface area (Å²) in [5.41, 5.74) is 5.54. The second-order valence-corrected chi connectivity index (χ2v) is 10.9. The number of aliphatic carboxylic acids is 1. The predicted octanol–water partition coefficient (Wildman–Crippen LogP) is 5.26. The molecule has 2 amide bonds. The SMILES string of the molecule is C[C@@H](OCc1ccccc1)[C@H](NC(=O)C[C@@H]1CCC[C@H]1NC(=O)OCC1c2ccccc2-c2ccccc21)C(=O)O. The van der Waals surface area contributed by atoms with Crippen molar-refractivity contribution in [1.29, 1.82) is 0 Å². The number of amides is 2. The zero-order valence-corrected chi connectivity index (χ0v) is 23.1. The predicted molar refractivity (Wildman–Crippen MR) is 154 cm³/mol. The highest BCUT2D eigenvalue weighted by molar-refractivity contribution is 5.84. The molecule has 0 heterocycles. The van der Waals surface area contributed by atoms with E-state index in [-0.39, 0.29) is 43.4 Å². The number of carboxylic acids is 1. The van der Waals surface area contributed by atoms with Gasteiger partial charge in [-0.3, -0.25) is 4.79 Å². The number of rotatable bonds is 11. The first-order chi connectivity index (χ1) is 19.9. The van der Waals surface area contributed by atoms with E-state index in [1.807, 2.05) is 54.6 Å². The highest BCUT2D eigenvalue weighted by Gasteiger charge is 2.34. The third-order valence-electron chi connectivity index (χ3n) is 8.16. The van der Waals surface area contributed by atoms with Crippen LogP contribution < -0.4 is 10.6 Å². The number of carbonyl (C=O) groups is 3. The van der Waals surface area contributed by atoms with Crippen molar-refractivity contribution < 1.29 is 29.0 Å². The molecule has 214 valence electrons. The average molecular weight is 557 g/mol. The summed E-state index contributed by atoms with van der Waals surface area (Å²) >= 11 is 0. The summed E-state index contributed by atoms with van der Waals surface area (Å²) in [6.07, 6.45) is 1.25. The van der Waals surface area contributed by atoms with Crippen molar-refractivity contribution in [3.8, 4) is 11.1 Å². The third-order valence-corrected chi connectivity index (χ3v) is 8.16.